The Hall–Kier alpha value is -2.06. The lowest BCUT2D eigenvalue weighted by Gasteiger charge is -2.15. The second kappa shape index (κ2) is 7.88. The summed E-state index contributed by atoms with van der Waals surface area (Å²) in [5, 5.41) is 7.29. The van der Waals surface area contributed by atoms with Crippen LogP contribution in [0.5, 0.6) is 0 Å². The van der Waals surface area contributed by atoms with Crippen molar-refractivity contribution in [3.05, 3.63) is 46.7 Å². The number of halogens is 4. The Balaban J connectivity index is 2.01. The predicted octanol–water partition coefficient (Wildman–Crippen LogP) is 3.53. The highest BCUT2D eigenvalue weighted by atomic mass is 35.5. The summed E-state index contributed by atoms with van der Waals surface area (Å²) in [5.74, 6) is -0.436. The van der Waals surface area contributed by atoms with Crippen LogP contribution < -0.4 is 5.32 Å². The molecule has 5 nitrogen and oxygen atoms in total. The van der Waals surface area contributed by atoms with E-state index in [2.05, 4.69) is 15.2 Å². The van der Waals surface area contributed by atoms with Crippen molar-refractivity contribution < 1.29 is 22.7 Å². The molecule has 0 bridgehead atoms. The molecule has 0 saturated carbocycles. The third-order valence-corrected chi connectivity index (χ3v) is 3.55. The van der Waals surface area contributed by atoms with Crippen LogP contribution in [-0.4, -0.2) is 41.1 Å². The van der Waals surface area contributed by atoms with E-state index in [-0.39, 0.29) is 6.61 Å². The third-order valence-electron chi connectivity index (χ3n) is 3.32. The van der Waals surface area contributed by atoms with Crippen LogP contribution in [0.1, 0.15) is 23.0 Å². The third kappa shape index (κ3) is 5.47. The number of rotatable bonds is 6. The first-order chi connectivity index (χ1) is 11.7. The number of aromatic nitrogens is 2. The monoisotopic (exact) mass is 375 g/mol. The van der Waals surface area contributed by atoms with Crippen LogP contribution in [0.4, 0.5) is 13.2 Å². The van der Waals surface area contributed by atoms with E-state index in [4.69, 9.17) is 11.6 Å². The van der Waals surface area contributed by atoms with Crippen LogP contribution in [0, 0.1) is 6.92 Å². The molecular formula is C16H17ClF3N3O2. The molecule has 0 aliphatic rings. The Kier molecular flexibility index (Phi) is 6.07. The molecule has 1 heterocycles. The van der Waals surface area contributed by atoms with Gasteiger partial charge in [-0.1, -0.05) is 17.7 Å². The first-order valence-corrected chi connectivity index (χ1v) is 7.81. The van der Waals surface area contributed by atoms with Crippen LogP contribution >= 0.6 is 11.6 Å². The van der Waals surface area contributed by atoms with Gasteiger partial charge in [0.25, 0.3) is 5.91 Å². The molecule has 1 N–H and O–H groups in total. The second-order valence-corrected chi connectivity index (χ2v) is 5.98. The van der Waals surface area contributed by atoms with Gasteiger partial charge in [0.05, 0.1) is 29.7 Å². The van der Waals surface area contributed by atoms with E-state index < -0.39 is 24.7 Å². The molecule has 0 fully saturated rings. The van der Waals surface area contributed by atoms with E-state index in [0.717, 1.165) is 0 Å². The molecule has 0 saturated heterocycles. The van der Waals surface area contributed by atoms with Gasteiger partial charge in [0, 0.05) is 11.1 Å². The van der Waals surface area contributed by atoms with E-state index in [9.17, 15) is 18.0 Å². The number of nitrogens with one attached hydrogen (secondary N) is 1. The first kappa shape index (κ1) is 19.3. The smallest absolute Gasteiger partial charge is 0.370 e. The molecule has 2 rings (SSSR count). The highest BCUT2D eigenvalue weighted by Crippen LogP contribution is 2.18. The Labute approximate surface area is 147 Å². The summed E-state index contributed by atoms with van der Waals surface area (Å²) in [6, 6.07) is 6.40. The van der Waals surface area contributed by atoms with Crippen molar-refractivity contribution in [2.75, 3.05) is 13.2 Å². The number of ether oxygens (including phenoxy) is 1. The van der Waals surface area contributed by atoms with Crippen LogP contribution in [0.15, 0.2) is 30.5 Å². The number of alkyl halides is 3. The van der Waals surface area contributed by atoms with Gasteiger partial charge in [0.2, 0.25) is 0 Å². The minimum atomic E-state index is -4.39. The first-order valence-electron chi connectivity index (χ1n) is 7.43. The summed E-state index contributed by atoms with van der Waals surface area (Å²) >= 11 is 5.95. The number of carbonyl (C=O) groups is 1. The summed E-state index contributed by atoms with van der Waals surface area (Å²) < 4.78 is 42.2. The normalized spacial score (nSPS) is 12.9. The molecule has 0 aliphatic carbocycles. The molecule has 1 aromatic heterocycles. The molecule has 0 aliphatic heterocycles. The van der Waals surface area contributed by atoms with Crippen LogP contribution in [0.2, 0.25) is 5.02 Å². The fourth-order valence-electron chi connectivity index (χ4n) is 2.20. The van der Waals surface area contributed by atoms with E-state index in [1.165, 1.54) is 6.20 Å². The Morgan fingerprint density at radius 2 is 2.16 bits per heavy atom. The van der Waals surface area contributed by atoms with Crippen LogP contribution in [0.25, 0.3) is 5.69 Å². The van der Waals surface area contributed by atoms with Crippen molar-refractivity contribution in [3.8, 4) is 5.69 Å². The van der Waals surface area contributed by atoms with Crippen molar-refractivity contribution in [1.82, 2.24) is 15.1 Å². The largest absolute Gasteiger partial charge is 0.411 e. The van der Waals surface area contributed by atoms with Gasteiger partial charge in [-0.2, -0.15) is 18.3 Å². The van der Waals surface area contributed by atoms with Gasteiger partial charge in [0.1, 0.15) is 6.61 Å². The second-order valence-electron chi connectivity index (χ2n) is 5.54. The zero-order chi connectivity index (χ0) is 18.6. The summed E-state index contributed by atoms with van der Waals surface area (Å²) in [6.07, 6.45) is -2.99. The molecule has 0 spiro atoms. The van der Waals surface area contributed by atoms with E-state index in [1.54, 1.807) is 42.8 Å². The zero-order valence-electron chi connectivity index (χ0n) is 13.6. The number of carbonyl (C=O) groups excluding carboxylic acids is 1. The Morgan fingerprint density at radius 3 is 2.80 bits per heavy atom. The fourth-order valence-corrected chi connectivity index (χ4v) is 2.38. The van der Waals surface area contributed by atoms with Crippen molar-refractivity contribution in [1.29, 1.82) is 0 Å². The Morgan fingerprint density at radius 1 is 1.44 bits per heavy atom. The van der Waals surface area contributed by atoms with Crippen molar-refractivity contribution >= 4 is 17.5 Å². The molecular weight excluding hydrogens is 359 g/mol. The SMILES string of the molecule is Cc1c(C(=O)NC(C)COCC(F)(F)F)cnn1-c1cccc(Cl)c1. The molecule has 25 heavy (non-hydrogen) atoms. The lowest BCUT2D eigenvalue weighted by atomic mass is 10.2. The van der Waals surface area contributed by atoms with Crippen molar-refractivity contribution in [2.45, 2.75) is 26.1 Å². The summed E-state index contributed by atoms with van der Waals surface area (Å²) in [4.78, 5) is 12.3. The standard InChI is InChI=1S/C16H17ClF3N3O2/c1-10(8-25-9-16(18,19)20)22-15(24)14-7-21-23(11(14)2)13-5-3-4-12(17)6-13/h3-7,10H,8-9H2,1-2H3,(H,22,24). The van der Waals surface area contributed by atoms with Gasteiger partial charge in [-0.25, -0.2) is 4.68 Å². The minimum Gasteiger partial charge on any atom is -0.370 e. The molecule has 2 aromatic rings. The van der Waals surface area contributed by atoms with Crippen LogP contribution in [-0.2, 0) is 4.74 Å². The van der Waals surface area contributed by atoms with Gasteiger partial charge in [-0.15, -0.1) is 0 Å². The Bertz CT molecular complexity index is 746. The van der Waals surface area contributed by atoms with E-state index >= 15 is 0 Å². The minimum absolute atomic E-state index is 0.243. The van der Waals surface area contributed by atoms with Crippen molar-refractivity contribution in [2.24, 2.45) is 0 Å². The maximum Gasteiger partial charge on any atom is 0.411 e. The zero-order valence-corrected chi connectivity index (χ0v) is 14.4. The molecule has 1 atom stereocenters. The quantitative estimate of drug-likeness (QED) is 0.840. The highest BCUT2D eigenvalue weighted by Gasteiger charge is 2.27. The number of hydrogen-bond donors (Lipinski definition) is 1. The average Bonchev–Trinajstić information content (AvgIpc) is 2.87. The number of hydrogen-bond acceptors (Lipinski definition) is 3. The molecule has 1 amide bonds. The lowest BCUT2D eigenvalue weighted by Crippen LogP contribution is -2.37. The predicted molar refractivity (Wildman–Crippen MR) is 87.1 cm³/mol. The van der Waals surface area contributed by atoms with Gasteiger partial charge < -0.3 is 10.1 Å². The number of nitrogens with zero attached hydrogens (tertiary/aromatic N) is 2. The van der Waals surface area contributed by atoms with Gasteiger partial charge in [0.15, 0.2) is 0 Å². The lowest BCUT2D eigenvalue weighted by molar-refractivity contribution is -0.174. The molecule has 1 aromatic carbocycles. The fraction of sp³-hybridized carbons (Fsp3) is 0.375. The van der Waals surface area contributed by atoms with Crippen molar-refractivity contribution in [3.63, 3.8) is 0 Å². The summed E-state index contributed by atoms with van der Waals surface area (Å²) in [7, 11) is 0. The van der Waals surface area contributed by atoms with Gasteiger partial charge >= 0.3 is 6.18 Å². The maximum absolute atomic E-state index is 12.3. The maximum atomic E-state index is 12.3. The van der Waals surface area contributed by atoms with Crippen LogP contribution in [0.3, 0.4) is 0 Å². The van der Waals surface area contributed by atoms with Gasteiger partial charge in [-0.3, -0.25) is 4.79 Å². The highest BCUT2D eigenvalue weighted by molar-refractivity contribution is 6.30. The topological polar surface area (TPSA) is 56.1 Å². The number of amides is 1. The number of benzene rings is 1. The molecule has 0 radical (unpaired) electrons. The summed E-state index contributed by atoms with van der Waals surface area (Å²) in [6.45, 7) is 1.68. The molecule has 136 valence electrons. The molecule has 1 unspecified atom stereocenters. The van der Waals surface area contributed by atoms with Gasteiger partial charge in [-0.05, 0) is 32.0 Å². The summed E-state index contributed by atoms with van der Waals surface area (Å²) in [5.41, 5.74) is 1.61. The average molecular weight is 376 g/mol. The molecule has 9 heteroatoms. The van der Waals surface area contributed by atoms with E-state index in [1.807, 2.05) is 0 Å². The van der Waals surface area contributed by atoms with E-state index in [0.29, 0.717) is 22.0 Å².